The summed E-state index contributed by atoms with van der Waals surface area (Å²) in [5.41, 5.74) is -2.39. The number of alkyl carbamates (subject to hydrolysis) is 1. The third kappa shape index (κ3) is 8.62. The zero-order chi connectivity index (χ0) is 25.7. The molecule has 0 aromatic rings. The lowest BCUT2D eigenvalue weighted by Crippen LogP contribution is -2.55. The number of carbonyl (C=O) groups is 3. The Balaban J connectivity index is 2.06. The minimum atomic E-state index is -4.97. The number of aliphatic hydroxyl groups is 1. The first kappa shape index (κ1) is 28.2. The number of aliphatic hydroxyl groups excluding tert-OH is 1. The number of hydrogen-bond acceptors (Lipinski definition) is 7. The molecule has 14 heteroatoms. The largest absolute Gasteiger partial charge is 0.446 e. The molecule has 2 rings (SSSR count). The smallest absolute Gasteiger partial charge is 0.408 e. The van der Waals surface area contributed by atoms with Crippen LogP contribution in [0.4, 0.5) is 13.6 Å². The molecule has 196 valence electrons. The molecule has 1 heterocycles. The molecular formula is C20H33F2N3O8S. The number of halogens is 2. The number of ether oxygens (including phenoxy) is 1. The first-order valence-electron chi connectivity index (χ1n) is 11.3. The molecule has 11 nitrogen and oxygen atoms in total. The number of alkyl halides is 2. The van der Waals surface area contributed by atoms with Crippen LogP contribution < -0.4 is 16.0 Å². The van der Waals surface area contributed by atoms with Crippen LogP contribution in [0.1, 0.15) is 58.8 Å². The molecule has 1 saturated carbocycles. The quantitative estimate of drug-likeness (QED) is 0.268. The van der Waals surface area contributed by atoms with Gasteiger partial charge in [0.05, 0.1) is 6.04 Å². The SMILES string of the molecule is CC(C)CC(NC(=O)OC1CCC(F)(F)CC1)C(=O)NC(C[C@@H]1CCNC1=O)C(O)S(=O)(=O)O. The lowest BCUT2D eigenvalue weighted by atomic mass is 9.94. The van der Waals surface area contributed by atoms with Gasteiger partial charge in [0, 0.05) is 25.3 Å². The molecule has 0 aromatic carbocycles. The fourth-order valence-corrected chi connectivity index (χ4v) is 4.67. The molecule has 2 fully saturated rings. The van der Waals surface area contributed by atoms with E-state index in [4.69, 9.17) is 4.74 Å². The van der Waals surface area contributed by atoms with E-state index in [0.29, 0.717) is 13.0 Å². The van der Waals surface area contributed by atoms with Crippen LogP contribution in [0.25, 0.3) is 0 Å². The Bertz CT molecular complexity index is 845. The summed E-state index contributed by atoms with van der Waals surface area (Å²) >= 11 is 0. The lowest BCUT2D eigenvalue weighted by Gasteiger charge is -2.29. The van der Waals surface area contributed by atoms with Gasteiger partial charge in [-0.25, -0.2) is 13.6 Å². The van der Waals surface area contributed by atoms with Crippen LogP contribution in [0.2, 0.25) is 0 Å². The van der Waals surface area contributed by atoms with Crippen LogP contribution in [-0.4, -0.2) is 72.1 Å². The molecule has 3 unspecified atom stereocenters. The molecular weight excluding hydrogens is 480 g/mol. The number of rotatable bonds is 10. The van der Waals surface area contributed by atoms with Crippen molar-refractivity contribution in [1.82, 2.24) is 16.0 Å². The normalized spacial score (nSPS) is 23.6. The summed E-state index contributed by atoms with van der Waals surface area (Å²) in [4.78, 5) is 37.1. The molecule has 0 bridgehead atoms. The van der Waals surface area contributed by atoms with Crippen molar-refractivity contribution in [2.45, 2.75) is 88.3 Å². The number of hydrogen-bond donors (Lipinski definition) is 5. The van der Waals surface area contributed by atoms with Crippen molar-refractivity contribution in [1.29, 1.82) is 0 Å². The minimum Gasteiger partial charge on any atom is -0.446 e. The molecule has 5 N–H and O–H groups in total. The predicted octanol–water partition coefficient (Wildman–Crippen LogP) is 0.922. The maximum Gasteiger partial charge on any atom is 0.408 e. The highest BCUT2D eigenvalue weighted by Crippen LogP contribution is 2.34. The van der Waals surface area contributed by atoms with E-state index in [1.807, 2.05) is 0 Å². The Morgan fingerprint density at radius 2 is 1.82 bits per heavy atom. The van der Waals surface area contributed by atoms with Gasteiger partial charge in [-0.05, 0) is 38.0 Å². The van der Waals surface area contributed by atoms with E-state index in [2.05, 4.69) is 16.0 Å². The van der Waals surface area contributed by atoms with Crippen molar-refractivity contribution >= 4 is 28.0 Å². The lowest BCUT2D eigenvalue weighted by molar-refractivity contribution is -0.126. The first-order valence-corrected chi connectivity index (χ1v) is 12.8. The van der Waals surface area contributed by atoms with Crippen LogP contribution in [0.15, 0.2) is 0 Å². The van der Waals surface area contributed by atoms with Crippen LogP contribution >= 0.6 is 0 Å². The Morgan fingerprint density at radius 1 is 1.21 bits per heavy atom. The first-order chi connectivity index (χ1) is 15.7. The van der Waals surface area contributed by atoms with Crippen LogP contribution in [0.5, 0.6) is 0 Å². The standard InChI is InChI=1S/C20H33F2N3O8S/c1-11(2)9-14(25-19(29)33-13-3-6-20(21,22)7-4-13)17(27)24-15(18(28)34(30,31)32)10-12-5-8-23-16(12)26/h11-15,18,28H,3-10H2,1-2H3,(H,23,26)(H,24,27)(H,25,29)(H,30,31,32)/t12-,14?,15?,18?/m0/s1. The molecule has 2 aliphatic rings. The number of nitrogens with one attached hydrogen (secondary N) is 3. The summed E-state index contributed by atoms with van der Waals surface area (Å²) in [6.07, 6.45) is -2.37. The number of carbonyl (C=O) groups excluding carboxylic acids is 3. The summed E-state index contributed by atoms with van der Waals surface area (Å²) in [5, 5.41) is 17.3. The van der Waals surface area contributed by atoms with Gasteiger partial charge in [0.2, 0.25) is 23.2 Å². The van der Waals surface area contributed by atoms with Gasteiger partial charge in [0.25, 0.3) is 10.1 Å². The average molecular weight is 514 g/mol. The summed E-state index contributed by atoms with van der Waals surface area (Å²) in [5.74, 6) is -4.81. The summed E-state index contributed by atoms with van der Waals surface area (Å²) < 4.78 is 64.1. The van der Waals surface area contributed by atoms with Gasteiger partial charge < -0.3 is 25.8 Å². The van der Waals surface area contributed by atoms with Gasteiger partial charge in [-0.2, -0.15) is 8.42 Å². The van der Waals surface area contributed by atoms with Crippen molar-refractivity contribution in [3.05, 3.63) is 0 Å². The van der Waals surface area contributed by atoms with Crippen LogP contribution in [0, 0.1) is 11.8 Å². The monoisotopic (exact) mass is 513 g/mol. The zero-order valence-electron chi connectivity index (χ0n) is 19.1. The number of amides is 3. The Kier molecular flexibility index (Phi) is 9.60. The molecule has 1 aliphatic heterocycles. The molecule has 0 aromatic heterocycles. The maximum absolute atomic E-state index is 13.3. The van der Waals surface area contributed by atoms with E-state index < -0.39 is 70.4 Å². The Hall–Kier alpha value is -2.06. The Morgan fingerprint density at radius 3 is 2.32 bits per heavy atom. The van der Waals surface area contributed by atoms with Crippen molar-refractivity contribution in [3.8, 4) is 0 Å². The molecule has 1 saturated heterocycles. The minimum absolute atomic E-state index is 0.0203. The van der Waals surface area contributed by atoms with Crippen LogP contribution in [0.3, 0.4) is 0 Å². The average Bonchev–Trinajstić information content (AvgIpc) is 3.11. The fourth-order valence-electron chi connectivity index (χ4n) is 4.08. The van der Waals surface area contributed by atoms with Crippen LogP contribution in [-0.2, 0) is 24.4 Å². The third-order valence-electron chi connectivity index (χ3n) is 5.93. The van der Waals surface area contributed by atoms with E-state index in [-0.39, 0.29) is 37.5 Å². The van der Waals surface area contributed by atoms with Gasteiger partial charge in [0.1, 0.15) is 12.1 Å². The van der Waals surface area contributed by atoms with E-state index in [9.17, 15) is 41.2 Å². The van der Waals surface area contributed by atoms with Crippen molar-refractivity contribution in [3.63, 3.8) is 0 Å². The topological polar surface area (TPSA) is 171 Å². The highest BCUT2D eigenvalue weighted by atomic mass is 32.2. The van der Waals surface area contributed by atoms with E-state index in [1.165, 1.54) is 0 Å². The van der Waals surface area contributed by atoms with Crippen molar-refractivity contribution < 1.29 is 46.0 Å². The van der Waals surface area contributed by atoms with E-state index >= 15 is 0 Å². The summed E-state index contributed by atoms with van der Waals surface area (Å²) in [6, 6.07) is -2.73. The second-order valence-electron chi connectivity index (χ2n) is 9.32. The van der Waals surface area contributed by atoms with E-state index in [1.54, 1.807) is 13.8 Å². The molecule has 3 amide bonds. The second-order valence-corrected chi connectivity index (χ2v) is 10.8. The molecule has 1 aliphatic carbocycles. The molecule has 34 heavy (non-hydrogen) atoms. The second kappa shape index (κ2) is 11.6. The van der Waals surface area contributed by atoms with Gasteiger partial charge in [0.15, 0.2) is 0 Å². The molecule has 0 spiro atoms. The highest BCUT2D eigenvalue weighted by Gasteiger charge is 2.39. The Labute approximate surface area is 197 Å². The molecule has 4 atom stereocenters. The van der Waals surface area contributed by atoms with E-state index in [0.717, 1.165) is 0 Å². The summed E-state index contributed by atoms with van der Waals surface area (Å²) in [7, 11) is -4.97. The van der Waals surface area contributed by atoms with Crippen molar-refractivity contribution in [2.75, 3.05) is 6.54 Å². The van der Waals surface area contributed by atoms with Gasteiger partial charge in [-0.1, -0.05) is 13.8 Å². The van der Waals surface area contributed by atoms with Gasteiger partial charge in [-0.3, -0.25) is 14.1 Å². The highest BCUT2D eigenvalue weighted by molar-refractivity contribution is 7.86. The van der Waals surface area contributed by atoms with Gasteiger partial charge >= 0.3 is 6.09 Å². The maximum atomic E-state index is 13.3. The fraction of sp³-hybridized carbons (Fsp3) is 0.850. The predicted molar refractivity (Wildman–Crippen MR) is 115 cm³/mol. The zero-order valence-corrected chi connectivity index (χ0v) is 19.9. The molecule has 0 radical (unpaired) electrons. The van der Waals surface area contributed by atoms with Gasteiger partial charge in [-0.15, -0.1) is 0 Å². The third-order valence-corrected chi connectivity index (χ3v) is 6.87. The summed E-state index contributed by atoms with van der Waals surface area (Å²) in [6.45, 7) is 3.89. The van der Waals surface area contributed by atoms with Crippen molar-refractivity contribution in [2.24, 2.45) is 11.8 Å².